The highest BCUT2D eigenvalue weighted by Crippen LogP contribution is 2.33. The average molecular weight is 499 g/mol. The smallest absolute Gasteiger partial charge is 0.489 e. The van der Waals surface area contributed by atoms with Gasteiger partial charge in [-0.1, -0.05) is 35.9 Å². The van der Waals surface area contributed by atoms with E-state index in [1.54, 1.807) is 6.20 Å². The van der Waals surface area contributed by atoms with Crippen LogP contribution in [-0.4, -0.2) is 38.8 Å². The van der Waals surface area contributed by atoms with E-state index in [-0.39, 0.29) is 0 Å². The van der Waals surface area contributed by atoms with Crippen LogP contribution in [0, 0.1) is 0 Å². The van der Waals surface area contributed by atoms with E-state index >= 15 is 0 Å². The van der Waals surface area contributed by atoms with Crippen molar-refractivity contribution in [2.24, 2.45) is 0 Å². The van der Waals surface area contributed by atoms with E-state index in [0.717, 1.165) is 33.8 Å². The molecule has 0 saturated carbocycles. The van der Waals surface area contributed by atoms with E-state index in [2.05, 4.69) is 28.8 Å². The van der Waals surface area contributed by atoms with Crippen molar-refractivity contribution >= 4 is 17.1 Å². The number of rotatable bonds is 7. The third-order valence-electron chi connectivity index (χ3n) is 4.68. The first-order chi connectivity index (χ1) is 17.1. The lowest BCUT2D eigenvalue weighted by Crippen LogP contribution is -2.21. The van der Waals surface area contributed by atoms with Gasteiger partial charge in [0.1, 0.15) is 36.1 Å². The number of nitrogens with one attached hydrogen (secondary N) is 1. The van der Waals surface area contributed by atoms with Crippen LogP contribution in [0.3, 0.4) is 0 Å². The molecule has 0 radical (unpaired) electrons. The van der Waals surface area contributed by atoms with Gasteiger partial charge in [-0.2, -0.15) is 13.2 Å². The van der Waals surface area contributed by atoms with Gasteiger partial charge in [0.05, 0.1) is 5.56 Å². The predicted octanol–water partition coefficient (Wildman–Crippen LogP) is 6.18. The Balaban J connectivity index is 0.000000454. The zero-order chi connectivity index (χ0) is 26.1. The molecule has 0 atom stereocenters. The first-order valence-electron chi connectivity index (χ1n) is 10.8. The van der Waals surface area contributed by atoms with Crippen LogP contribution in [0.15, 0.2) is 78.5 Å². The summed E-state index contributed by atoms with van der Waals surface area (Å²) in [6, 6.07) is 19.7. The first kappa shape index (κ1) is 26.3. The number of halogens is 3. The molecule has 10 heteroatoms. The summed E-state index contributed by atoms with van der Waals surface area (Å²) in [6.45, 7) is 5.10. The van der Waals surface area contributed by atoms with Gasteiger partial charge in [-0.25, -0.2) is 14.8 Å². The fraction of sp³-hybridized carbons (Fsp3) is 0.192. The number of aliphatic carboxylic acids is 1. The van der Waals surface area contributed by atoms with E-state index < -0.39 is 12.1 Å². The number of imidazole rings is 1. The van der Waals surface area contributed by atoms with E-state index in [1.165, 1.54) is 5.57 Å². The van der Waals surface area contributed by atoms with Crippen molar-refractivity contribution < 1.29 is 32.5 Å². The van der Waals surface area contributed by atoms with Gasteiger partial charge >= 0.3 is 12.1 Å². The fourth-order valence-electron chi connectivity index (χ4n) is 2.92. The lowest BCUT2D eigenvalue weighted by atomic mass is 10.1. The minimum atomic E-state index is -5.08. The molecule has 2 aromatic carbocycles. The molecule has 4 rings (SSSR count). The summed E-state index contributed by atoms with van der Waals surface area (Å²) in [4.78, 5) is 21.2. The molecule has 2 aromatic heterocycles. The van der Waals surface area contributed by atoms with Crippen molar-refractivity contribution in [1.29, 1.82) is 0 Å². The number of alkyl halides is 3. The van der Waals surface area contributed by atoms with Crippen molar-refractivity contribution in [2.75, 3.05) is 6.61 Å². The maximum atomic E-state index is 10.6. The summed E-state index contributed by atoms with van der Waals surface area (Å²) in [5, 5.41) is 7.12. The molecule has 7 nitrogen and oxygen atoms in total. The van der Waals surface area contributed by atoms with Crippen molar-refractivity contribution in [3.05, 3.63) is 84.1 Å². The summed E-state index contributed by atoms with van der Waals surface area (Å²) < 4.78 is 43.7. The molecule has 0 aliphatic carbocycles. The first-order valence-corrected chi connectivity index (χ1v) is 10.8. The second kappa shape index (κ2) is 11.9. The van der Waals surface area contributed by atoms with Crippen LogP contribution in [0.25, 0.3) is 22.6 Å². The maximum absolute atomic E-state index is 10.6. The number of allylic oxidation sites excluding steroid dienone is 1. The number of hydrogen-bond donors (Lipinski definition) is 2. The molecule has 0 spiro atoms. The number of aromatic nitrogens is 3. The zero-order valence-electron chi connectivity index (χ0n) is 19.5. The normalized spacial score (nSPS) is 10.8. The zero-order valence-corrected chi connectivity index (χ0v) is 19.5. The lowest BCUT2D eigenvalue weighted by molar-refractivity contribution is -0.192. The van der Waals surface area contributed by atoms with Gasteiger partial charge in [0.2, 0.25) is 0 Å². The molecule has 0 saturated heterocycles. The quantitative estimate of drug-likeness (QED) is 0.295. The van der Waals surface area contributed by atoms with Gasteiger partial charge in [0.15, 0.2) is 5.65 Å². The second-order valence-electron chi connectivity index (χ2n) is 7.78. The summed E-state index contributed by atoms with van der Waals surface area (Å²) in [5.74, 6) is -0.552. The molecule has 36 heavy (non-hydrogen) atoms. The molecule has 0 aliphatic heterocycles. The number of aromatic amines is 1. The lowest BCUT2D eigenvalue weighted by Gasteiger charge is -2.12. The number of hydrogen-bond acceptors (Lipinski definition) is 5. The van der Waals surface area contributed by atoms with Crippen LogP contribution in [0.2, 0.25) is 0 Å². The summed E-state index contributed by atoms with van der Waals surface area (Å²) >= 11 is 0. The van der Waals surface area contributed by atoms with Gasteiger partial charge in [-0.15, -0.1) is 0 Å². The van der Waals surface area contributed by atoms with Crippen LogP contribution < -0.4 is 9.47 Å². The monoisotopic (exact) mass is 499 g/mol. The van der Waals surface area contributed by atoms with Gasteiger partial charge in [0.25, 0.3) is 0 Å². The number of benzene rings is 2. The van der Waals surface area contributed by atoms with Crippen LogP contribution >= 0.6 is 0 Å². The number of fused-ring (bicyclic) bond motifs is 1. The molecule has 0 amide bonds. The summed E-state index contributed by atoms with van der Waals surface area (Å²) in [5.41, 5.74) is 4.73. The molecule has 0 unspecified atom stereocenters. The average Bonchev–Trinajstić information content (AvgIpc) is 3.28. The number of ether oxygens (including phenoxy) is 2. The highest BCUT2D eigenvalue weighted by atomic mass is 19.4. The maximum Gasteiger partial charge on any atom is 0.490 e. The highest BCUT2D eigenvalue weighted by molar-refractivity contribution is 5.78. The summed E-state index contributed by atoms with van der Waals surface area (Å²) in [6.07, 6.45) is -1.29. The molecule has 2 N–H and O–H groups in total. The van der Waals surface area contributed by atoms with Crippen LogP contribution in [-0.2, 0) is 11.4 Å². The predicted molar refractivity (Wildman–Crippen MR) is 129 cm³/mol. The number of carboxylic acids is 1. The van der Waals surface area contributed by atoms with E-state index in [9.17, 15) is 13.2 Å². The second-order valence-corrected chi connectivity index (χ2v) is 7.78. The van der Waals surface area contributed by atoms with Crippen molar-refractivity contribution in [3.8, 4) is 22.9 Å². The van der Waals surface area contributed by atoms with Crippen molar-refractivity contribution in [1.82, 2.24) is 15.0 Å². The van der Waals surface area contributed by atoms with Gasteiger partial charge in [-0.05, 0) is 55.8 Å². The molecule has 0 aliphatic rings. The van der Waals surface area contributed by atoms with E-state index in [0.29, 0.717) is 19.0 Å². The van der Waals surface area contributed by atoms with Gasteiger partial charge < -0.3 is 19.6 Å². The Labute approximate surface area is 205 Å². The molecule has 188 valence electrons. The highest BCUT2D eigenvalue weighted by Gasteiger charge is 2.38. The Hall–Kier alpha value is -4.34. The molecule has 0 fully saturated rings. The van der Waals surface area contributed by atoms with E-state index in [4.69, 9.17) is 19.4 Å². The minimum absolute atomic E-state index is 0.498. The summed E-state index contributed by atoms with van der Waals surface area (Å²) in [7, 11) is 0. The number of carbonyl (C=O) groups is 1. The molecule has 4 aromatic rings. The van der Waals surface area contributed by atoms with Crippen LogP contribution in [0.1, 0.15) is 19.4 Å². The third kappa shape index (κ3) is 7.59. The topological polar surface area (TPSA) is 97.3 Å². The Morgan fingerprint density at radius 3 is 2.42 bits per heavy atom. The Morgan fingerprint density at radius 2 is 1.78 bits per heavy atom. The number of pyridine rings is 1. The third-order valence-corrected chi connectivity index (χ3v) is 4.68. The Bertz CT molecular complexity index is 1300. The van der Waals surface area contributed by atoms with Crippen molar-refractivity contribution in [2.45, 2.75) is 26.6 Å². The molecular formula is C26H24F3N3O4. The van der Waals surface area contributed by atoms with Gasteiger partial charge in [-0.3, -0.25) is 0 Å². The van der Waals surface area contributed by atoms with E-state index in [1.807, 2.05) is 66.7 Å². The standard InChI is InChI=1S/C24H23N3O2.C2HF3O2/c1-17(2)12-14-28-22-11-10-19(29-16-18-7-4-3-5-8-18)15-20(22)23-26-21-9-6-13-25-24(21)27-23;3-2(4,5)1(6)7/h3-13,15H,14,16H2,1-2H3,(H,25,26,27);(H,6,7). The molecule has 0 bridgehead atoms. The Kier molecular flexibility index (Phi) is 8.66. The SMILES string of the molecule is CC(C)=CCOc1ccc(OCc2ccccc2)cc1-c1nc2cccnc2[nH]1.O=C(O)C(F)(F)F. The number of nitrogens with zero attached hydrogens (tertiary/aromatic N) is 2. The van der Waals surface area contributed by atoms with Crippen LogP contribution in [0.4, 0.5) is 13.2 Å². The van der Waals surface area contributed by atoms with Crippen molar-refractivity contribution in [3.63, 3.8) is 0 Å². The molecular weight excluding hydrogens is 475 g/mol. The Morgan fingerprint density at radius 1 is 1.06 bits per heavy atom. The fourth-order valence-corrected chi connectivity index (χ4v) is 2.92. The largest absolute Gasteiger partial charge is 0.490 e. The van der Waals surface area contributed by atoms with Gasteiger partial charge in [0, 0.05) is 6.20 Å². The number of H-pyrrole nitrogens is 1. The minimum Gasteiger partial charge on any atom is -0.489 e. The molecule has 2 heterocycles. The number of carboxylic acid groups (broad SMARTS) is 1. The van der Waals surface area contributed by atoms with Crippen LogP contribution in [0.5, 0.6) is 11.5 Å².